The first kappa shape index (κ1) is 40.1. The third-order valence-corrected chi connectivity index (χ3v) is 7.82. The molecule has 0 bridgehead atoms. The van der Waals surface area contributed by atoms with Crippen LogP contribution in [0, 0.1) is 0 Å². The van der Waals surface area contributed by atoms with Crippen molar-refractivity contribution in [2.75, 3.05) is 6.54 Å². The molecule has 2 atom stereocenters. The Bertz CT molecular complexity index is 682. The largest absolute Gasteiger partial charge is 0.480 e. The summed E-state index contributed by atoms with van der Waals surface area (Å²) in [5.41, 5.74) is 5.46. The van der Waals surface area contributed by atoms with Crippen LogP contribution in [0.15, 0.2) is 12.2 Å². The standard InChI is InChI=1S/C35H66N2O5/c1-3-5-7-9-11-13-14-16-20-25-31(42-34(39)29-23-17-15-12-10-8-6-4-2)26-21-18-19-22-28-33(38)37-32(35(40)41)27-24-30-36/h20,25,31-32H,3-19,21-24,26-30,36H2,1-2H3,(H,37,38)(H,40,41)/b25-20-. The van der Waals surface area contributed by atoms with Crippen molar-refractivity contribution >= 4 is 17.8 Å². The minimum Gasteiger partial charge on any atom is -0.480 e. The number of nitrogens with one attached hydrogen (secondary N) is 1. The zero-order valence-electron chi connectivity index (χ0n) is 27.4. The first-order valence-electron chi connectivity index (χ1n) is 17.5. The Balaban J connectivity index is 4.39. The molecule has 0 aromatic heterocycles. The summed E-state index contributed by atoms with van der Waals surface area (Å²) < 4.78 is 5.87. The fourth-order valence-electron chi connectivity index (χ4n) is 5.12. The van der Waals surface area contributed by atoms with E-state index in [0.29, 0.717) is 38.6 Å². The molecule has 2 unspecified atom stereocenters. The molecule has 1 amide bonds. The van der Waals surface area contributed by atoms with Gasteiger partial charge in [-0.25, -0.2) is 4.79 Å². The van der Waals surface area contributed by atoms with Gasteiger partial charge >= 0.3 is 11.9 Å². The van der Waals surface area contributed by atoms with Crippen molar-refractivity contribution in [2.45, 2.75) is 187 Å². The lowest BCUT2D eigenvalue weighted by molar-refractivity contribution is -0.147. The van der Waals surface area contributed by atoms with E-state index in [4.69, 9.17) is 10.5 Å². The van der Waals surface area contributed by atoms with Gasteiger partial charge in [-0.3, -0.25) is 9.59 Å². The Labute approximate surface area is 258 Å². The molecule has 0 radical (unpaired) electrons. The molecule has 7 heteroatoms. The fraction of sp³-hybridized carbons (Fsp3) is 0.857. The molecule has 0 aromatic rings. The summed E-state index contributed by atoms with van der Waals surface area (Å²) >= 11 is 0. The van der Waals surface area contributed by atoms with E-state index < -0.39 is 12.0 Å². The number of carboxylic acids is 1. The SMILES string of the molecule is CCCCCCCCC/C=C\C(CCCCCCC(=O)NC(CCCN)C(=O)O)OC(=O)CCCCCCCCCC. The predicted molar refractivity (Wildman–Crippen MR) is 174 cm³/mol. The molecule has 246 valence electrons. The summed E-state index contributed by atoms with van der Waals surface area (Å²) in [6, 6.07) is -0.866. The summed E-state index contributed by atoms with van der Waals surface area (Å²) in [7, 11) is 0. The minimum absolute atomic E-state index is 0.0918. The zero-order chi connectivity index (χ0) is 31.1. The molecular formula is C35H66N2O5. The number of hydrogen-bond donors (Lipinski definition) is 3. The van der Waals surface area contributed by atoms with Crippen LogP contribution in [-0.4, -0.2) is 41.6 Å². The molecule has 0 aliphatic carbocycles. The van der Waals surface area contributed by atoms with Gasteiger partial charge in [-0.05, 0) is 64.0 Å². The molecule has 0 heterocycles. The quantitative estimate of drug-likeness (QED) is 0.0419. The number of nitrogens with two attached hydrogens (primary N) is 1. The first-order chi connectivity index (χ1) is 20.4. The normalized spacial score (nSPS) is 12.8. The Morgan fingerprint density at radius 2 is 1.21 bits per heavy atom. The number of carbonyl (C=O) groups is 3. The average Bonchev–Trinajstić information content (AvgIpc) is 2.97. The maximum atomic E-state index is 12.6. The highest BCUT2D eigenvalue weighted by Gasteiger charge is 2.19. The van der Waals surface area contributed by atoms with Crippen LogP contribution in [0.4, 0.5) is 0 Å². The van der Waals surface area contributed by atoms with E-state index in [1.807, 2.05) is 0 Å². The number of amides is 1. The number of esters is 1. The van der Waals surface area contributed by atoms with E-state index in [1.54, 1.807) is 0 Å². The Morgan fingerprint density at radius 3 is 1.79 bits per heavy atom. The van der Waals surface area contributed by atoms with Gasteiger partial charge in [0.1, 0.15) is 12.1 Å². The zero-order valence-corrected chi connectivity index (χ0v) is 27.4. The summed E-state index contributed by atoms with van der Waals surface area (Å²) in [6.45, 7) is 4.88. The lowest BCUT2D eigenvalue weighted by atomic mass is 10.1. The fourth-order valence-corrected chi connectivity index (χ4v) is 5.12. The molecular weight excluding hydrogens is 528 g/mol. The molecule has 4 N–H and O–H groups in total. The third kappa shape index (κ3) is 27.0. The third-order valence-electron chi connectivity index (χ3n) is 7.82. The molecule has 0 aliphatic heterocycles. The monoisotopic (exact) mass is 594 g/mol. The van der Waals surface area contributed by atoms with Crippen molar-refractivity contribution in [3.05, 3.63) is 12.2 Å². The van der Waals surface area contributed by atoms with Crippen LogP contribution in [-0.2, 0) is 19.1 Å². The van der Waals surface area contributed by atoms with Crippen LogP contribution in [0.1, 0.15) is 174 Å². The molecule has 0 aliphatic rings. The first-order valence-corrected chi connectivity index (χ1v) is 17.5. The van der Waals surface area contributed by atoms with E-state index in [0.717, 1.165) is 44.9 Å². The minimum atomic E-state index is -1.01. The molecule has 42 heavy (non-hydrogen) atoms. The van der Waals surface area contributed by atoms with Gasteiger partial charge in [-0.2, -0.15) is 0 Å². The van der Waals surface area contributed by atoms with Crippen molar-refractivity contribution in [3.63, 3.8) is 0 Å². The second-order valence-corrected chi connectivity index (χ2v) is 11.9. The molecule has 0 aromatic carbocycles. The topological polar surface area (TPSA) is 119 Å². The highest BCUT2D eigenvalue weighted by molar-refractivity contribution is 5.83. The van der Waals surface area contributed by atoms with Gasteiger partial charge in [0, 0.05) is 12.8 Å². The lowest BCUT2D eigenvalue weighted by Gasteiger charge is -2.15. The van der Waals surface area contributed by atoms with E-state index >= 15 is 0 Å². The Hall–Kier alpha value is -1.89. The molecule has 0 saturated heterocycles. The van der Waals surface area contributed by atoms with Crippen molar-refractivity contribution in [2.24, 2.45) is 5.73 Å². The van der Waals surface area contributed by atoms with Gasteiger partial charge in [-0.15, -0.1) is 0 Å². The number of allylic oxidation sites excluding steroid dienone is 1. The maximum absolute atomic E-state index is 12.6. The van der Waals surface area contributed by atoms with Crippen molar-refractivity contribution in [1.29, 1.82) is 0 Å². The smallest absolute Gasteiger partial charge is 0.326 e. The lowest BCUT2D eigenvalue weighted by Crippen LogP contribution is -2.40. The van der Waals surface area contributed by atoms with Crippen molar-refractivity contribution < 1.29 is 24.2 Å². The number of carbonyl (C=O) groups excluding carboxylic acids is 2. The molecule has 7 nitrogen and oxygen atoms in total. The number of aliphatic carboxylic acids is 1. The Morgan fingerprint density at radius 1 is 0.690 bits per heavy atom. The van der Waals surface area contributed by atoms with Crippen LogP contribution >= 0.6 is 0 Å². The van der Waals surface area contributed by atoms with E-state index in [1.165, 1.54) is 83.5 Å². The van der Waals surface area contributed by atoms with Gasteiger partial charge in [0.15, 0.2) is 0 Å². The van der Waals surface area contributed by atoms with Gasteiger partial charge in [0.05, 0.1) is 0 Å². The van der Waals surface area contributed by atoms with Crippen LogP contribution in [0.25, 0.3) is 0 Å². The van der Waals surface area contributed by atoms with Gasteiger partial charge in [-0.1, -0.05) is 116 Å². The average molecular weight is 595 g/mol. The molecule has 0 rings (SSSR count). The number of ether oxygens (including phenoxy) is 1. The van der Waals surface area contributed by atoms with Crippen LogP contribution in [0.2, 0.25) is 0 Å². The summed E-state index contributed by atoms with van der Waals surface area (Å²) in [5.74, 6) is -1.33. The van der Waals surface area contributed by atoms with E-state index in [2.05, 4.69) is 31.3 Å². The number of rotatable bonds is 31. The number of carboxylic acid groups (broad SMARTS) is 1. The van der Waals surface area contributed by atoms with E-state index in [-0.39, 0.29) is 18.0 Å². The maximum Gasteiger partial charge on any atom is 0.326 e. The van der Waals surface area contributed by atoms with E-state index in [9.17, 15) is 19.5 Å². The van der Waals surface area contributed by atoms with Gasteiger partial charge in [0.2, 0.25) is 5.91 Å². The predicted octanol–water partition coefficient (Wildman–Crippen LogP) is 8.77. The summed E-state index contributed by atoms with van der Waals surface area (Å²) in [4.78, 5) is 36.0. The summed E-state index contributed by atoms with van der Waals surface area (Å²) in [6.07, 6.45) is 29.8. The van der Waals surface area contributed by atoms with Crippen molar-refractivity contribution in [3.8, 4) is 0 Å². The Kier molecular flexibility index (Phi) is 29.2. The van der Waals surface area contributed by atoms with Gasteiger partial charge in [0.25, 0.3) is 0 Å². The highest BCUT2D eigenvalue weighted by Crippen LogP contribution is 2.15. The van der Waals surface area contributed by atoms with Crippen LogP contribution < -0.4 is 11.1 Å². The summed E-state index contributed by atoms with van der Waals surface area (Å²) in [5, 5.41) is 11.9. The van der Waals surface area contributed by atoms with Gasteiger partial charge < -0.3 is 20.9 Å². The van der Waals surface area contributed by atoms with Crippen LogP contribution in [0.5, 0.6) is 0 Å². The second-order valence-electron chi connectivity index (χ2n) is 11.9. The molecule has 0 spiro atoms. The van der Waals surface area contributed by atoms with Crippen molar-refractivity contribution in [1.82, 2.24) is 5.32 Å². The number of unbranched alkanes of at least 4 members (excludes halogenated alkanes) is 17. The highest BCUT2D eigenvalue weighted by atomic mass is 16.5. The molecule has 0 saturated carbocycles. The molecule has 0 fully saturated rings. The number of hydrogen-bond acceptors (Lipinski definition) is 5. The van der Waals surface area contributed by atoms with Crippen LogP contribution in [0.3, 0.4) is 0 Å². The second kappa shape index (κ2) is 30.6.